The van der Waals surface area contributed by atoms with Gasteiger partial charge in [-0.3, -0.25) is 9.48 Å². The van der Waals surface area contributed by atoms with E-state index in [2.05, 4.69) is 10.1 Å². The van der Waals surface area contributed by atoms with Crippen LogP contribution in [0.1, 0.15) is 25.0 Å². The summed E-state index contributed by atoms with van der Waals surface area (Å²) in [4.78, 5) is 19.1. The fourth-order valence-electron chi connectivity index (χ4n) is 3.66. The topological polar surface area (TPSA) is 60.2 Å². The molecule has 4 heterocycles. The van der Waals surface area contributed by atoms with Crippen molar-refractivity contribution in [3.63, 3.8) is 0 Å². The van der Waals surface area contributed by atoms with Gasteiger partial charge in [-0.15, -0.1) is 0 Å². The Labute approximate surface area is 151 Å². The van der Waals surface area contributed by atoms with Gasteiger partial charge in [0.25, 0.3) is 0 Å². The van der Waals surface area contributed by atoms with Crippen molar-refractivity contribution >= 4 is 17.5 Å². The van der Waals surface area contributed by atoms with E-state index in [4.69, 9.17) is 16.3 Å². The van der Waals surface area contributed by atoms with Crippen LogP contribution in [0, 0.1) is 5.92 Å². The van der Waals surface area contributed by atoms with Gasteiger partial charge in [0.2, 0.25) is 11.8 Å². The molecule has 132 valence electrons. The molecule has 1 saturated heterocycles. The van der Waals surface area contributed by atoms with E-state index in [1.54, 1.807) is 18.3 Å². The highest BCUT2D eigenvalue weighted by Gasteiger charge is 2.32. The Morgan fingerprint density at radius 2 is 2.16 bits per heavy atom. The maximum atomic E-state index is 12.9. The fourth-order valence-corrected chi connectivity index (χ4v) is 3.77. The lowest BCUT2D eigenvalue weighted by molar-refractivity contribution is -0.139. The van der Waals surface area contributed by atoms with Crippen molar-refractivity contribution < 1.29 is 9.53 Å². The van der Waals surface area contributed by atoms with Crippen LogP contribution in [-0.4, -0.2) is 44.8 Å². The molecule has 2 unspecified atom stereocenters. The van der Waals surface area contributed by atoms with E-state index in [1.807, 2.05) is 21.8 Å². The Morgan fingerprint density at radius 1 is 1.24 bits per heavy atom. The third kappa shape index (κ3) is 3.63. The monoisotopic (exact) mass is 360 g/mol. The van der Waals surface area contributed by atoms with Crippen molar-refractivity contribution in [2.45, 2.75) is 38.3 Å². The Hall–Kier alpha value is -2.08. The van der Waals surface area contributed by atoms with E-state index >= 15 is 0 Å². The maximum absolute atomic E-state index is 12.9. The molecule has 0 aromatic carbocycles. The normalized spacial score (nSPS) is 23.2. The summed E-state index contributed by atoms with van der Waals surface area (Å²) in [6, 6.07) is 5.56. The van der Waals surface area contributed by atoms with Crippen molar-refractivity contribution in [3.8, 4) is 5.88 Å². The van der Waals surface area contributed by atoms with Crippen LogP contribution in [0.15, 0.2) is 30.6 Å². The van der Waals surface area contributed by atoms with E-state index in [0.29, 0.717) is 24.0 Å². The number of aryl methyl sites for hydroxylation is 1. The Morgan fingerprint density at radius 3 is 3.00 bits per heavy atom. The van der Waals surface area contributed by atoms with Crippen LogP contribution in [0.4, 0.5) is 0 Å². The molecule has 7 heteroatoms. The number of hydrogen-bond acceptors (Lipinski definition) is 4. The summed E-state index contributed by atoms with van der Waals surface area (Å²) in [5.41, 5.74) is 1.22. The van der Waals surface area contributed by atoms with E-state index < -0.39 is 0 Å². The van der Waals surface area contributed by atoms with Crippen molar-refractivity contribution in [3.05, 3.63) is 41.3 Å². The molecule has 1 fully saturated rings. The summed E-state index contributed by atoms with van der Waals surface area (Å²) >= 11 is 5.85. The Bertz CT molecular complexity index is 746. The van der Waals surface area contributed by atoms with Crippen LogP contribution in [0.25, 0.3) is 0 Å². The molecule has 2 aromatic heterocycles. The first kappa shape index (κ1) is 16.4. The van der Waals surface area contributed by atoms with Gasteiger partial charge in [0.1, 0.15) is 6.10 Å². The van der Waals surface area contributed by atoms with Gasteiger partial charge in [-0.05, 0) is 37.8 Å². The molecule has 0 bridgehead atoms. The quantitative estimate of drug-likeness (QED) is 0.844. The van der Waals surface area contributed by atoms with Gasteiger partial charge in [0.05, 0.1) is 24.0 Å². The zero-order chi connectivity index (χ0) is 17.2. The number of fused-ring (bicyclic) bond motifs is 1. The zero-order valence-corrected chi connectivity index (χ0v) is 14.7. The van der Waals surface area contributed by atoms with Gasteiger partial charge in [-0.1, -0.05) is 11.6 Å². The predicted molar refractivity (Wildman–Crippen MR) is 93.5 cm³/mol. The second-order valence-corrected chi connectivity index (χ2v) is 7.16. The molecule has 2 atom stereocenters. The summed E-state index contributed by atoms with van der Waals surface area (Å²) in [6.07, 6.45) is 7.06. The summed E-state index contributed by atoms with van der Waals surface area (Å²) < 4.78 is 7.90. The van der Waals surface area contributed by atoms with Gasteiger partial charge in [0, 0.05) is 30.7 Å². The van der Waals surface area contributed by atoms with Crippen molar-refractivity contribution in [2.24, 2.45) is 5.92 Å². The lowest BCUT2D eigenvalue weighted by Gasteiger charge is -2.35. The first-order chi connectivity index (χ1) is 12.2. The molecular weight excluding hydrogens is 340 g/mol. The summed E-state index contributed by atoms with van der Waals surface area (Å²) in [7, 11) is 0. The van der Waals surface area contributed by atoms with Crippen LogP contribution in [0.3, 0.4) is 0 Å². The molecule has 0 spiro atoms. The third-order valence-corrected chi connectivity index (χ3v) is 5.20. The lowest BCUT2D eigenvalue weighted by Crippen LogP contribution is -2.48. The zero-order valence-electron chi connectivity index (χ0n) is 14.0. The highest BCUT2D eigenvalue weighted by atomic mass is 35.5. The molecular formula is C18H21ClN4O2. The molecule has 2 aliphatic heterocycles. The number of carbonyl (C=O) groups excluding carboxylic acids is 1. The number of likely N-dealkylation sites (tertiary alicyclic amines) is 1. The standard InChI is InChI=1S/C18H21ClN4O2/c19-14-4-6-17(20-10-14)25-16-2-1-9-22(12-16)18(24)13-3-5-15-7-8-21-23(15)11-13/h4,6-8,10,13,16H,1-3,5,9,11-12H2. The summed E-state index contributed by atoms with van der Waals surface area (Å²) in [5, 5.41) is 4.90. The highest BCUT2D eigenvalue weighted by Crippen LogP contribution is 2.24. The largest absolute Gasteiger partial charge is 0.472 e. The van der Waals surface area contributed by atoms with E-state index in [0.717, 1.165) is 32.2 Å². The van der Waals surface area contributed by atoms with Crippen molar-refractivity contribution in [2.75, 3.05) is 13.1 Å². The number of halogens is 1. The second-order valence-electron chi connectivity index (χ2n) is 6.72. The molecule has 2 aliphatic rings. The third-order valence-electron chi connectivity index (χ3n) is 4.97. The maximum Gasteiger partial charge on any atom is 0.227 e. The molecule has 0 N–H and O–H groups in total. The molecule has 4 rings (SSSR count). The van der Waals surface area contributed by atoms with Gasteiger partial charge in [0.15, 0.2) is 0 Å². The first-order valence-corrected chi connectivity index (χ1v) is 9.14. The number of hydrogen-bond donors (Lipinski definition) is 0. The number of pyridine rings is 1. The van der Waals surface area contributed by atoms with Crippen LogP contribution in [0.2, 0.25) is 5.02 Å². The number of carbonyl (C=O) groups is 1. The average molecular weight is 361 g/mol. The number of amides is 1. The van der Waals surface area contributed by atoms with E-state index in [9.17, 15) is 4.79 Å². The predicted octanol–water partition coefficient (Wildman–Crippen LogP) is 2.56. The van der Waals surface area contributed by atoms with Gasteiger partial charge < -0.3 is 9.64 Å². The molecule has 2 aromatic rings. The average Bonchev–Trinajstić information content (AvgIpc) is 3.11. The lowest BCUT2D eigenvalue weighted by atomic mass is 9.95. The van der Waals surface area contributed by atoms with Gasteiger partial charge in [-0.25, -0.2) is 4.98 Å². The van der Waals surface area contributed by atoms with Crippen molar-refractivity contribution in [1.29, 1.82) is 0 Å². The molecule has 6 nitrogen and oxygen atoms in total. The molecule has 0 radical (unpaired) electrons. The Kier molecular flexibility index (Phi) is 4.61. The molecule has 25 heavy (non-hydrogen) atoms. The SMILES string of the molecule is O=C(C1CCc2ccnn2C1)N1CCCC(Oc2ccc(Cl)cn2)C1. The number of aromatic nitrogens is 3. The highest BCUT2D eigenvalue weighted by molar-refractivity contribution is 6.30. The van der Waals surface area contributed by atoms with Crippen LogP contribution >= 0.6 is 11.6 Å². The molecule has 1 amide bonds. The van der Waals surface area contributed by atoms with Crippen LogP contribution in [-0.2, 0) is 17.8 Å². The number of rotatable bonds is 3. The fraction of sp³-hybridized carbons (Fsp3) is 0.500. The first-order valence-electron chi connectivity index (χ1n) is 8.77. The van der Waals surface area contributed by atoms with Crippen LogP contribution < -0.4 is 4.74 Å². The van der Waals surface area contributed by atoms with Crippen LogP contribution in [0.5, 0.6) is 5.88 Å². The number of ether oxygens (including phenoxy) is 1. The van der Waals surface area contributed by atoms with E-state index in [1.165, 1.54) is 5.69 Å². The Balaban J connectivity index is 1.37. The van der Waals surface area contributed by atoms with Gasteiger partial charge >= 0.3 is 0 Å². The number of nitrogens with zero attached hydrogens (tertiary/aromatic N) is 4. The van der Waals surface area contributed by atoms with Crippen molar-refractivity contribution in [1.82, 2.24) is 19.7 Å². The smallest absolute Gasteiger partial charge is 0.227 e. The molecule has 0 saturated carbocycles. The summed E-state index contributed by atoms with van der Waals surface area (Å²) in [6.45, 7) is 2.10. The second kappa shape index (κ2) is 7.04. The molecule has 0 aliphatic carbocycles. The van der Waals surface area contributed by atoms with Gasteiger partial charge in [-0.2, -0.15) is 5.10 Å². The minimum absolute atomic E-state index is 0.0137. The minimum Gasteiger partial charge on any atom is -0.472 e. The van der Waals surface area contributed by atoms with E-state index in [-0.39, 0.29) is 17.9 Å². The summed E-state index contributed by atoms with van der Waals surface area (Å²) in [5.74, 6) is 0.792. The number of piperidine rings is 1. The minimum atomic E-state index is -0.0183.